The summed E-state index contributed by atoms with van der Waals surface area (Å²) in [7, 11) is 0. The van der Waals surface area contributed by atoms with Gasteiger partial charge in [-0.1, -0.05) is 285 Å². The Labute approximate surface area is 349 Å². The number of rotatable bonds is 38. The second kappa shape index (κ2) is 54.1. The van der Waals surface area contributed by atoms with Crippen LogP contribution < -0.4 is 0 Å². The maximum absolute atomic E-state index is 7.56. The van der Waals surface area contributed by atoms with Crippen molar-refractivity contribution in [3.63, 3.8) is 0 Å². The predicted octanol–water partition coefficient (Wildman–Crippen LogP) is 16.0. The molecule has 0 saturated heterocycles. The Morgan fingerprint density at radius 2 is 0.259 bits per heavy atom. The third-order valence-electron chi connectivity index (χ3n) is 9.91. The lowest BCUT2D eigenvalue weighted by atomic mass is 10.0. The van der Waals surface area contributed by atoms with Crippen LogP contribution in [0.4, 0.5) is 0 Å². The molecular weight excluding hydrogens is 751 g/mol. The summed E-state index contributed by atoms with van der Waals surface area (Å²) in [6.07, 6.45) is 58.8. The van der Waals surface area contributed by atoms with Crippen molar-refractivity contribution in [3.05, 3.63) is 0 Å². The average molecular weight is 849 g/mol. The molecule has 0 unspecified atom stereocenters. The van der Waals surface area contributed by atoms with Gasteiger partial charge in [0, 0.05) is 0 Å². The van der Waals surface area contributed by atoms with E-state index in [-0.39, 0.29) is 0 Å². The van der Waals surface area contributed by atoms with Gasteiger partial charge < -0.3 is 29.4 Å². The van der Waals surface area contributed by atoms with Crippen LogP contribution in [-0.2, 0) is 23.6 Å². The highest BCUT2D eigenvalue weighted by atomic mass is 32.5. The first-order valence-electron chi connectivity index (χ1n) is 23.4. The lowest BCUT2D eigenvalue weighted by Gasteiger charge is -2.03. The van der Waals surface area contributed by atoms with E-state index in [2.05, 4.69) is 51.3 Å². The van der Waals surface area contributed by atoms with Crippen molar-refractivity contribution in [3.8, 4) is 0 Å². The Morgan fingerprint density at radius 1 is 0.204 bits per heavy atom. The normalized spacial score (nSPS) is 11.3. The standard InChI is InChI=1S/2C22H46.2H3O3PS/c2*1-3-5-7-9-11-13-15-17-19-21-22-20-18-16-14-12-10-8-6-4-2;2*1-4(2,3)5/h2*3-22H2,1-2H3;2*(H3,1,2,3,5). The predicted molar refractivity (Wildman–Crippen MR) is 249 cm³/mol. The third-order valence-corrected chi connectivity index (χ3v) is 9.91. The highest BCUT2D eigenvalue weighted by Crippen LogP contribution is 2.27. The summed E-state index contributed by atoms with van der Waals surface area (Å²) < 4.78 is 0. The smallest absolute Gasteiger partial charge is 0.319 e. The van der Waals surface area contributed by atoms with Crippen LogP contribution in [0.1, 0.15) is 285 Å². The molecule has 10 heteroatoms. The molecule has 0 atom stereocenters. The van der Waals surface area contributed by atoms with Crippen molar-refractivity contribution >= 4 is 37.1 Å². The molecule has 0 radical (unpaired) electrons. The second-order valence-electron chi connectivity index (χ2n) is 15.8. The van der Waals surface area contributed by atoms with Crippen LogP contribution in [0.3, 0.4) is 0 Å². The van der Waals surface area contributed by atoms with Gasteiger partial charge in [-0.2, -0.15) is 0 Å². The van der Waals surface area contributed by atoms with Gasteiger partial charge in [0.05, 0.1) is 0 Å². The topological polar surface area (TPSA) is 121 Å². The lowest BCUT2D eigenvalue weighted by Crippen LogP contribution is -1.84. The molecule has 54 heavy (non-hydrogen) atoms. The van der Waals surface area contributed by atoms with Crippen LogP contribution >= 0.6 is 13.4 Å². The summed E-state index contributed by atoms with van der Waals surface area (Å²) in [5.74, 6) is 0. The Bertz CT molecular complexity index is 619. The quantitative estimate of drug-likeness (QED) is 0.0268. The highest BCUT2D eigenvalue weighted by molar-refractivity contribution is 8.06. The van der Waals surface area contributed by atoms with E-state index >= 15 is 0 Å². The zero-order valence-electron chi connectivity index (χ0n) is 36.7. The van der Waals surface area contributed by atoms with Gasteiger partial charge in [-0.15, -0.1) is 0 Å². The van der Waals surface area contributed by atoms with Crippen molar-refractivity contribution < 1.29 is 29.4 Å². The van der Waals surface area contributed by atoms with Gasteiger partial charge in [0.2, 0.25) is 0 Å². The summed E-state index contributed by atoms with van der Waals surface area (Å²) in [6.45, 7) is 1.59. The highest BCUT2D eigenvalue weighted by Gasteiger charge is 1.97. The van der Waals surface area contributed by atoms with Gasteiger partial charge in [0.15, 0.2) is 0 Å². The zero-order chi connectivity index (χ0) is 41.3. The minimum atomic E-state index is -3.81. The summed E-state index contributed by atoms with van der Waals surface area (Å²) in [5.41, 5.74) is 0. The van der Waals surface area contributed by atoms with E-state index < -0.39 is 13.4 Å². The first kappa shape index (κ1) is 61.7. The molecule has 0 rings (SSSR count). The van der Waals surface area contributed by atoms with Crippen molar-refractivity contribution in [1.82, 2.24) is 0 Å². The molecule has 0 bridgehead atoms. The minimum absolute atomic E-state index is 1.37. The van der Waals surface area contributed by atoms with Gasteiger partial charge >= 0.3 is 13.4 Å². The number of hydrogen-bond donors (Lipinski definition) is 6. The third kappa shape index (κ3) is 94.3. The largest absolute Gasteiger partial charge is 0.325 e. The van der Waals surface area contributed by atoms with Crippen molar-refractivity contribution in [2.45, 2.75) is 285 Å². The Hall–Kier alpha value is 1.06. The van der Waals surface area contributed by atoms with E-state index in [1.165, 1.54) is 257 Å². The number of hydrogen-bond acceptors (Lipinski definition) is 2. The molecule has 0 aromatic rings. The van der Waals surface area contributed by atoms with Crippen LogP contribution in [0, 0.1) is 0 Å². The van der Waals surface area contributed by atoms with Gasteiger partial charge in [-0.25, -0.2) is 0 Å². The van der Waals surface area contributed by atoms with Crippen LogP contribution in [0.25, 0.3) is 0 Å². The molecule has 332 valence electrons. The van der Waals surface area contributed by atoms with Crippen molar-refractivity contribution in [2.75, 3.05) is 0 Å². The molecule has 0 saturated carbocycles. The van der Waals surface area contributed by atoms with Gasteiger partial charge in [0.25, 0.3) is 0 Å². The summed E-state index contributed by atoms with van der Waals surface area (Å²) >= 11 is 7.21. The van der Waals surface area contributed by atoms with Crippen LogP contribution in [0.5, 0.6) is 0 Å². The Balaban J connectivity index is -0.000000369. The van der Waals surface area contributed by atoms with Gasteiger partial charge in [0.1, 0.15) is 0 Å². The summed E-state index contributed by atoms with van der Waals surface area (Å²) in [4.78, 5) is 45.3. The van der Waals surface area contributed by atoms with Crippen LogP contribution in [0.15, 0.2) is 0 Å². The van der Waals surface area contributed by atoms with E-state index in [1.807, 2.05) is 0 Å². The molecule has 0 aromatic carbocycles. The maximum Gasteiger partial charge on any atom is 0.319 e. The number of unbranched alkanes of at least 4 members (excludes halogenated alkanes) is 38. The molecule has 0 aliphatic rings. The Morgan fingerprint density at radius 3 is 0.315 bits per heavy atom. The van der Waals surface area contributed by atoms with Crippen molar-refractivity contribution in [1.29, 1.82) is 0 Å². The monoisotopic (exact) mass is 849 g/mol. The van der Waals surface area contributed by atoms with Gasteiger partial charge in [-0.05, 0) is 23.6 Å². The van der Waals surface area contributed by atoms with E-state index in [0.717, 1.165) is 0 Å². The molecule has 6 nitrogen and oxygen atoms in total. The fourth-order valence-corrected chi connectivity index (χ4v) is 6.66. The fraction of sp³-hybridized carbons (Fsp3) is 1.00. The summed E-state index contributed by atoms with van der Waals surface area (Å²) in [5, 5.41) is 0. The maximum atomic E-state index is 7.56. The molecule has 0 aromatic heterocycles. The van der Waals surface area contributed by atoms with Crippen LogP contribution in [-0.4, -0.2) is 29.4 Å². The van der Waals surface area contributed by atoms with E-state index in [9.17, 15) is 0 Å². The molecule has 6 N–H and O–H groups in total. The second-order valence-corrected chi connectivity index (χ2v) is 20.7. The Kier molecular flexibility index (Phi) is 61.8. The van der Waals surface area contributed by atoms with E-state index in [0.29, 0.717) is 0 Å². The SMILES string of the molecule is CCCCCCCCCCCCCCCCCCCCCC.CCCCCCCCCCCCCCCCCCCCCC.OP(O)(O)=S.OP(O)(O)=S. The zero-order valence-corrected chi connectivity index (χ0v) is 40.1. The fourth-order valence-electron chi connectivity index (χ4n) is 6.66. The van der Waals surface area contributed by atoms with Crippen molar-refractivity contribution in [2.24, 2.45) is 0 Å². The molecular formula is C44H98O6P2S2. The molecule has 0 fully saturated rings. The van der Waals surface area contributed by atoms with Crippen LogP contribution in [0.2, 0.25) is 0 Å². The molecule has 0 aliphatic carbocycles. The molecule has 0 aliphatic heterocycles. The molecule has 0 spiro atoms. The molecule has 0 amide bonds. The van der Waals surface area contributed by atoms with E-state index in [4.69, 9.17) is 29.4 Å². The first-order valence-corrected chi connectivity index (χ1v) is 28.7. The minimum Gasteiger partial charge on any atom is -0.325 e. The lowest BCUT2D eigenvalue weighted by molar-refractivity contribution is 0.361. The van der Waals surface area contributed by atoms with Gasteiger partial charge in [-0.3, -0.25) is 0 Å². The first-order chi connectivity index (χ1) is 25.8. The summed E-state index contributed by atoms with van der Waals surface area (Å²) in [6, 6.07) is 0. The molecule has 0 heterocycles. The average Bonchev–Trinajstić information content (AvgIpc) is 3.09. The van der Waals surface area contributed by atoms with E-state index in [1.54, 1.807) is 0 Å².